The number of ether oxygens (including phenoxy) is 1. The zero-order chi connectivity index (χ0) is 59.9. The van der Waals surface area contributed by atoms with E-state index in [-0.39, 0.29) is 18.5 Å². The molecule has 0 aliphatic carbocycles. The summed E-state index contributed by atoms with van der Waals surface area (Å²) in [5.41, 5.74) is 0. The molecule has 0 aliphatic heterocycles. The van der Waals surface area contributed by atoms with Crippen molar-refractivity contribution in [2.45, 2.75) is 418 Å². The minimum atomic E-state index is -0.847. The molecule has 3 N–H and O–H groups in total. The van der Waals surface area contributed by atoms with Gasteiger partial charge >= 0.3 is 5.97 Å². The summed E-state index contributed by atoms with van der Waals surface area (Å²) in [6.07, 6.45) is 94.9. The highest BCUT2D eigenvalue weighted by Gasteiger charge is 2.18. The molecule has 0 fully saturated rings. The number of rotatable bonds is 70. The van der Waals surface area contributed by atoms with Gasteiger partial charge in [-0.05, 0) is 89.9 Å². The fourth-order valence-electron chi connectivity index (χ4n) is 11.6. The molecule has 0 heterocycles. The fraction of sp³-hybridized carbons (Fsp3) is 0.870. The van der Waals surface area contributed by atoms with Crippen molar-refractivity contribution in [1.82, 2.24) is 5.32 Å². The van der Waals surface area contributed by atoms with Gasteiger partial charge in [0.1, 0.15) is 0 Å². The van der Waals surface area contributed by atoms with Crippen LogP contribution in [0.25, 0.3) is 0 Å². The molecule has 1 amide bonds. The summed E-state index contributed by atoms with van der Waals surface area (Å²) in [4.78, 5) is 24.6. The van der Waals surface area contributed by atoms with E-state index in [0.717, 1.165) is 51.4 Å². The highest BCUT2D eigenvalue weighted by atomic mass is 16.5. The van der Waals surface area contributed by atoms with Crippen LogP contribution in [0.2, 0.25) is 0 Å². The van der Waals surface area contributed by atoms with Crippen molar-refractivity contribution in [3.63, 3.8) is 0 Å². The van der Waals surface area contributed by atoms with Crippen molar-refractivity contribution in [1.29, 1.82) is 0 Å². The maximum absolute atomic E-state index is 12.5. The number of amides is 1. The van der Waals surface area contributed by atoms with Gasteiger partial charge in [0, 0.05) is 12.8 Å². The predicted octanol–water partition coefficient (Wildman–Crippen LogP) is 24.4. The molecule has 6 heteroatoms. The summed E-state index contributed by atoms with van der Waals surface area (Å²) in [5.74, 6) is -0.0624. The van der Waals surface area contributed by atoms with Gasteiger partial charge in [0.05, 0.1) is 25.4 Å². The van der Waals surface area contributed by atoms with Crippen LogP contribution in [0.4, 0.5) is 0 Å². The number of carbonyl (C=O) groups excluding carboxylic acids is 2. The zero-order valence-electron chi connectivity index (χ0n) is 55.9. The van der Waals surface area contributed by atoms with E-state index in [1.165, 1.54) is 327 Å². The first kappa shape index (κ1) is 80.8. The van der Waals surface area contributed by atoms with Crippen LogP contribution in [0.5, 0.6) is 0 Å². The van der Waals surface area contributed by atoms with Crippen molar-refractivity contribution in [3.05, 3.63) is 48.6 Å². The molecule has 0 rings (SSSR count). The minimum Gasteiger partial charge on any atom is -0.466 e. The first-order valence-electron chi connectivity index (χ1n) is 37.4. The number of esters is 1. The lowest BCUT2D eigenvalue weighted by molar-refractivity contribution is -0.143. The Hall–Kier alpha value is -2.18. The van der Waals surface area contributed by atoms with Gasteiger partial charge in [0.15, 0.2) is 0 Å². The maximum atomic E-state index is 12.5. The summed E-state index contributed by atoms with van der Waals surface area (Å²) >= 11 is 0. The second-order valence-corrected chi connectivity index (χ2v) is 25.6. The van der Waals surface area contributed by atoms with Gasteiger partial charge in [-0.3, -0.25) is 9.59 Å². The third-order valence-electron chi connectivity index (χ3n) is 17.3. The van der Waals surface area contributed by atoms with E-state index >= 15 is 0 Å². The van der Waals surface area contributed by atoms with Crippen molar-refractivity contribution < 1.29 is 24.5 Å². The van der Waals surface area contributed by atoms with E-state index < -0.39 is 12.1 Å². The van der Waals surface area contributed by atoms with Gasteiger partial charge in [-0.15, -0.1) is 0 Å². The number of nitrogens with one attached hydrogen (secondary N) is 1. The predicted molar refractivity (Wildman–Crippen MR) is 366 cm³/mol. The molecule has 0 aliphatic rings. The average molecular weight is 1170 g/mol. The Bertz CT molecular complexity index is 1390. The summed E-state index contributed by atoms with van der Waals surface area (Å²) in [6.45, 7) is 4.91. The second-order valence-electron chi connectivity index (χ2n) is 25.6. The zero-order valence-corrected chi connectivity index (χ0v) is 55.9. The Morgan fingerprint density at radius 3 is 0.952 bits per heavy atom. The Labute approximate surface area is 518 Å². The molecule has 6 nitrogen and oxygen atoms in total. The third kappa shape index (κ3) is 68.8. The van der Waals surface area contributed by atoms with Gasteiger partial charge in [-0.1, -0.05) is 351 Å². The number of allylic oxidation sites excluding steroid dienone is 7. The van der Waals surface area contributed by atoms with Crippen LogP contribution in [0.1, 0.15) is 406 Å². The van der Waals surface area contributed by atoms with Crippen molar-refractivity contribution in [2.75, 3.05) is 13.2 Å². The lowest BCUT2D eigenvalue weighted by atomic mass is 10.0. The van der Waals surface area contributed by atoms with E-state index in [4.69, 9.17) is 4.74 Å². The molecule has 0 saturated heterocycles. The van der Waals surface area contributed by atoms with Crippen molar-refractivity contribution >= 4 is 11.9 Å². The Morgan fingerprint density at radius 1 is 0.337 bits per heavy atom. The topological polar surface area (TPSA) is 95.9 Å². The Kier molecular flexibility index (Phi) is 70.4. The molecule has 0 aromatic rings. The van der Waals surface area contributed by atoms with Gasteiger partial charge in [-0.2, -0.15) is 0 Å². The largest absolute Gasteiger partial charge is 0.466 e. The highest BCUT2D eigenvalue weighted by molar-refractivity contribution is 5.76. The van der Waals surface area contributed by atoms with Gasteiger partial charge in [0.25, 0.3) is 0 Å². The molecule has 0 radical (unpaired) electrons. The van der Waals surface area contributed by atoms with Crippen LogP contribution in [-0.2, 0) is 14.3 Å². The van der Waals surface area contributed by atoms with E-state index in [2.05, 4.69) is 55.6 Å². The Morgan fingerprint density at radius 2 is 0.602 bits per heavy atom. The summed E-state index contributed by atoms with van der Waals surface area (Å²) in [7, 11) is 0. The van der Waals surface area contributed by atoms with Crippen LogP contribution in [0.15, 0.2) is 48.6 Å². The summed E-state index contributed by atoms with van der Waals surface area (Å²) in [6, 6.07) is -0.630. The van der Waals surface area contributed by atoms with E-state index in [9.17, 15) is 19.8 Å². The average Bonchev–Trinajstić information content (AvgIpc) is 3.49. The quantitative estimate of drug-likeness (QED) is 0.0320. The molecule has 488 valence electrons. The molecule has 0 aromatic heterocycles. The van der Waals surface area contributed by atoms with E-state index in [0.29, 0.717) is 19.4 Å². The first-order chi connectivity index (χ1) is 41.0. The third-order valence-corrected chi connectivity index (χ3v) is 17.3. The second kappa shape index (κ2) is 72.3. The van der Waals surface area contributed by atoms with Gasteiger partial charge < -0.3 is 20.3 Å². The highest BCUT2D eigenvalue weighted by Crippen LogP contribution is 2.19. The molecule has 0 saturated carbocycles. The van der Waals surface area contributed by atoms with Crippen molar-refractivity contribution in [2.24, 2.45) is 0 Å². The van der Waals surface area contributed by atoms with Gasteiger partial charge in [0.2, 0.25) is 5.91 Å². The SMILES string of the molecule is CCCCC/C=C\C/C=C\CCCCCCCC(=O)OCCCCCCCCCCCCCC/C=C\CCCCCCCCCCCCCCC(=O)NC(CO)C(O)/C=C/CCCCCCCCCCCCCCCCCCCCCCC. The smallest absolute Gasteiger partial charge is 0.305 e. The number of aliphatic hydroxyl groups is 2. The van der Waals surface area contributed by atoms with E-state index in [1.807, 2.05) is 6.08 Å². The molecule has 2 atom stereocenters. The monoisotopic (exact) mass is 1160 g/mol. The number of unbranched alkanes of at least 4 members (excludes halogenated alkanes) is 53. The number of aliphatic hydroxyl groups excluding tert-OH is 2. The number of carbonyl (C=O) groups is 2. The number of hydrogen-bond donors (Lipinski definition) is 3. The number of hydrogen-bond acceptors (Lipinski definition) is 5. The molecular formula is C77H145NO5. The summed E-state index contributed by atoms with van der Waals surface area (Å²) < 4.78 is 5.49. The maximum Gasteiger partial charge on any atom is 0.305 e. The minimum absolute atomic E-state index is 0.00176. The van der Waals surface area contributed by atoms with Crippen LogP contribution in [-0.4, -0.2) is 47.4 Å². The van der Waals surface area contributed by atoms with Crippen molar-refractivity contribution in [3.8, 4) is 0 Å². The van der Waals surface area contributed by atoms with Crippen LogP contribution >= 0.6 is 0 Å². The molecule has 0 aromatic carbocycles. The van der Waals surface area contributed by atoms with E-state index in [1.54, 1.807) is 6.08 Å². The normalized spacial score (nSPS) is 12.8. The summed E-state index contributed by atoms with van der Waals surface area (Å²) in [5, 5.41) is 23.3. The molecule has 2 unspecified atom stereocenters. The molecular weight excluding hydrogens is 1020 g/mol. The molecule has 83 heavy (non-hydrogen) atoms. The van der Waals surface area contributed by atoms with Gasteiger partial charge in [-0.25, -0.2) is 0 Å². The molecule has 0 bridgehead atoms. The lowest BCUT2D eigenvalue weighted by Gasteiger charge is -2.20. The first-order valence-corrected chi connectivity index (χ1v) is 37.4. The van der Waals surface area contributed by atoms with Crippen LogP contribution in [0.3, 0.4) is 0 Å². The fourth-order valence-corrected chi connectivity index (χ4v) is 11.6. The standard InChI is InChI=1S/C77H145NO5/c1-3-5-7-9-11-13-15-17-19-20-21-22-29-32-35-38-42-45-49-53-57-61-65-69-75(80)74(73-79)78-76(81)70-66-62-58-54-50-46-43-39-36-33-30-27-25-23-24-26-28-31-34-37-40-44-48-52-56-60-64-68-72-83-77(82)71-67-63-59-55-51-47-41-18-16-14-12-10-8-6-4-2/h12,14,18,23-24,41,65,69,74-75,79-80H,3-11,13,15-17,19-22,25-40,42-64,66-68,70-73H2,1-2H3,(H,78,81)/b14-12-,24-23-,41-18-,69-65+. The Balaban J connectivity index is 3.41. The van der Waals surface area contributed by atoms with Crippen LogP contribution < -0.4 is 5.32 Å². The molecule has 0 spiro atoms. The lowest BCUT2D eigenvalue weighted by Crippen LogP contribution is -2.45. The van der Waals surface area contributed by atoms with Crippen LogP contribution in [0, 0.1) is 0 Å².